The van der Waals surface area contributed by atoms with Gasteiger partial charge < -0.3 is 4.42 Å². The Hall–Kier alpha value is -5.67. The Morgan fingerprint density at radius 2 is 1.29 bits per heavy atom. The summed E-state index contributed by atoms with van der Waals surface area (Å²) in [5, 5.41) is 4.56. The third-order valence-corrected chi connectivity index (χ3v) is 9.53. The van der Waals surface area contributed by atoms with Crippen molar-refractivity contribution in [3.05, 3.63) is 157 Å². The second-order valence-corrected chi connectivity index (χ2v) is 12.4. The Morgan fingerprint density at radius 1 is 0.578 bits per heavy atom. The predicted octanol–water partition coefficient (Wildman–Crippen LogP) is 11.6. The molecule has 0 bridgehead atoms. The van der Waals surface area contributed by atoms with Crippen molar-refractivity contribution in [3.63, 3.8) is 0 Å². The molecule has 0 radical (unpaired) electrons. The molecule has 214 valence electrons. The molecular formula is C42H30N2O. The van der Waals surface area contributed by atoms with Crippen LogP contribution in [0.3, 0.4) is 0 Å². The van der Waals surface area contributed by atoms with Gasteiger partial charge in [0.2, 0.25) is 0 Å². The molecule has 0 amide bonds. The standard InChI is InChI=1S/C42H30N2O/c1-42(2)36-15-9-8-14-33(36)35-26-31(21-22-37(35)42)44(30-19-16-28(17-20-30)27-10-4-3-5-11-27)41-40-34(24-25-43-41)39-32-13-7-6-12-29(32)18-23-38(39)45-40/h3-26H,1-2H3. The smallest absolute Gasteiger partial charge is 0.181 e. The summed E-state index contributed by atoms with van der Waals surface area (Å²) >= 11 is 0. The van der Waals surface area contributed by atoms with E-state index < -0.39 is 0 Å². The Kier molecular flexibility index (Phi) is 5.54. The molecular weight excluding hydrogens is 548 g/mol. The van der Waals surface area contributed by atoms with E-state index in [1.54, 1.807) is 0 Å². The summed E-state index contributed by atoms with van der Waals surface area (Å²) in [5.74, 6) is 0.769. The Morgan fingerprint density at radius 3 is 2.16 bits per heavy atom. The molecule has 8 aromatic rings. The quantitative estimate of drug-likeness (QED) is 0.208. The van der Waals surface area contributed by atoms with Crippen LogP contribution in [0.2, 0.25) is 0 Å². The van der Waals surface area contributed by atoms with Gasteiger partial charge in [-0.25, -0.2) is 4.98 Å². The summed E-state index contributed by atoms with van der Waals surface area (Å²) < 4.78 is 6.69. The van der Waals surface area contributed by atoms with Gasteiger partial charge in [-0.1, -0.05) is 117 Å². The molecule has 9 rings (SSSR count). The number of hydrogen-bond acceptors (Lipinski definition) is 3. The Bertz CT molecular complexity index is 2400. The largest absolute Gasteiger partial charge is 0.452 e. The number of aromatic nitrogens is 1. The van der Waals surface area contributed by atoms with E-state index in [4.69, 9.17) is 9.40 Å². The van der Waals surface area contributed by atoms with E-state index in [2.05, 4.69) is 158 Å². The molecule has 0 N–H and O–H groups in total. The van der Waals surface area contributed by atoms with Crippen molar-refractivity contribution >= 4 is 49.9 Å². The molecule has 45 heavy (non-hydrogen) atoms. The molecule has 3 nitrogen and oxygen atoms in total. The highest BCUT2D eigenvalue weighted by atomic mass is 16.3. The van der Waals surface area contributed by atoms with E-state index >= 15 is 0 Å². The molecule has 1 aliphatic carbocycles. The van der Waals surface area contributed by atoms with E-state index in [0.29, 0.717) is 0 Å². The average Bonchev–Trinajstić information content (AvgIpc) is 3.59. The van der Waals surface area contributed by atoms with Gasteiger partial charge in [0.25, 0.3) is 0 Å². The number of fused-ring (bicyclic) bond motifs is 8. The number of hydrogen-bond donors (Lipinski definition) is 0. The first-order valence-corrected chi connectivity index (χ1v) is 15.5. The van der Waals surface area contributed by atoms with Gasteiger partial charge in [0, 0.05) is 33.8 Å². The van der Waals surface area contributed by atoms with Gasteiger partial charge in [0.15, 0.2) is 11.4 Å². The van der Waals surface area contributed by atoms with Gasteiger partial charge in [0.1, 0.15) is 5.58 Å². The van der Waals surface area contributed by atoms with Crippen LogP contribution in [-0.2, 0) is 5.41 Å². The van der Waals surface area contributed by atoms with Crippen LogP contribution in [0.15, 0.2) is 150 Å². The van der Waals surface area contributed by atoms with Crippen LogP contribution in [0.5, 0.6) is 0 Å². The van der Waals surface area contributed by atoms with Crippen molar-refractivity contribution in [2.24, 2.45) is 0 Å². The monoisotopic (exact) mass is 578 g/mol. The highest BCUT2D eigenvalue weighted by Crippen LogP contribution is 2.51. The second-order valence-electron chi connectivity index (χ2n) is 12.4. The van der Waals surface area contributed by atoms with Gasteiger partial charge in [-0.2, -0.15) is 0 Å². The molecule has 0 saturated carbocycles. The van der Waals surface area contributed by atoms with Crippen LogP contribution in [-0.4, -0.2) is 4.98 Å². The Balaban J connectivity index is 1.29. The number of benzene rings is 6. The first-order valence-electron chi connectivity index (χ1n) is 15.5. The van der Waals surface area contributed by atoms with Crippen molar-refractivity contribution in [2.45, 2.75) is 19.3 Å². The average molecular weight is 579 g/mol. The number of rotatable bonds is 4. The van der Waals surface area contributed by atoms with Gasteiger partial charge in [-0.05, 0) is 80.6 Å². The molecule has 2 heterocycles. The van der Waals surface area contributed by atoms with E-state index in [0.717, 1.165) is 39.1 Å². The fourth-order valence-corrected chi connectivity index (χ4v) is 7.29. The zero-order valence-electron chi connectivity index (χ0n) is 25.2. The first kappa shape index (κ1) is 25.8. The lowest BCUT2D eigenvalue weighted by Gasteiger charge is -2.26. The summed E-state index contributed by atoms with van der Waals surface area (Å²) in [5.41, 5.74) is 11.3. The topological polar surface area (TPSA) is 29.3 Å². The molecule has 0 atom stereocenters. The number of nitrogens with zero attached hydrogens (tertiary/aromatic N) is 2. The zero-order valence-corrected chi connectivity index (χ0v) is 25.2. The lowest BCUT2D eigenvalue weighted by atomic mass is 9.82. The van der Waals surface area contributed by atoms with Crippen LogP contribution in [0, 0.1) is 0 Å². The highest BCUT2D eigenvalue weighted by Gasteiger charge is 2.35. The maximum atomic E-state index is 6.69. The van der Waals surface area contributed by atoms with E-state index in [9.17, 15) is 0 Å². The van der Waals surface area contributed by atoms with Crippen LogP contribution >= 0.6 is 0 Å². The molecule has 0 spiro atoms. The first-order chi connectivity index (χ1) is 22.1. The van der Waals surface area contributed by atoms with Crippen LogP contribution in [0.25, 0.3) is 55.0 Å². The summed E-state index contributed by atoms with van der Waals surface area (Å²) in [4.78, 5) is 7.26. The molecule has 0 fully saturated rings. The third kappa shape index (κ3) is 3.87. The fourth-order valence-electron chi connectivity index (χ4n) is 7.29. The normalized spacial score (nSPS) is 13.3. The second kappa shape index (κ2) is 9.67. The highest BCUT2D eigenvalue weighted by molar-refractivity contribution is 6.20. The van der Waals surface area contributed by atoms with E-state index in [1.807, 2.05) is 6.20 Å². The maximum absolute atomic E-state index is 6.69. The minimum Gasteiger partial charge on any atom is -0.452 e. The molecule has 6 aromatic carbocycles. The van der Waals surface area contributed by atoms with Crippen molar-refractivity contribution in [2.75, 3.05) is 4.90 Å². The SMILES string of the molecule is CC1(C)c2ccccc2-c2cc(N(c3ccc(-c4ccccc4)cc3)c3nccc4c3oc3ccc5ccccc5c34)ccc21. The van der Waals surface area contributed by atoms with Crippen LogP contribution in [0.1, 0.15) is 25.0 Å². The lowest BCUT2D eigenvalue weighted by Crippen LogP contribution is -2.15. The molecule has 3 heteroatoms. The van der Waals surface area contributed by atoms with E-state index in [-0.39, 0.29) is 5.41 Å². The number of pyridine rings is 1. The minimum absolute atomic E-state index is 0.0648. The summed E-state index contributed by atoms with van der Waals surface area (Å²) in [6.07, 6.45) is 1.91. The third-order valence-electron chi connectivity index (χ3n) is 9.53. The Labute approximate surface area is 262 Å². The summed E-state index contributed by atoms with van der Waals surface area (Å²) in [6.45, 7) is 4.64. The van der Waals surface area contributed by atoms with Gasteiger partial charge >= 0.3 is 0 Å². The molecule has 0 unspecified atom stereocenters. The van der Waals surface area contributed by atoms with E-state index in [1.165, 1.54) is 44.2 Å². The number of anilines is 3. The van der Waals surface area contributed by atoms with Crippen LogP contribution < -0.4 is 4.90 Å². The summed E-state index contributed by atoms with van der Waals surface area (Å²) in [6, 6.07) is 49.7. The summed E-state index contributed by atoms with van der Waals surface area (Å²) in [7, 11) is 0. The van der Waals surface area contributed by atoms with Crippen molar-refractivity contribution in [3.8, 4) is 22.3 Å². The molecule has 0 saturated heterocycles. The molecule has 1 aliphatic rings. The maximum Gasteiger partial charge on any atom is 0.181 e. The van der Waals surface area contributed by atoms with Crippen LogP contribution in [0.4, 0.5) is 17.2 Å². The fraction of sp³-hybridized carbons (Fsp3) is 0.0714. The lowest BCUT2D eigenvalue weighted by molar-refractivity contribution is 0.660. The number of furan rings is 1. The molecule has 2 aromatic heterocycles. The zero-order chi connectivity index (χ0) is 30.1. The van der Waals surface area contributed by atoms with Crippen molar-refractivity contribution < 1.29 is 4.42 Å². The molecule has 0 aliphatic heterocycles. The minimum atomic E-state index is -0.0648. The van der Waals surface area contributed by atoms with Crippen molar-refractivity contribution in [1.29, 1.82) is 0 Å². The van der Waals surface area contributed by atoms with Gasteiger partial charge in [0.05, 0.1) is 0 Å². The van der Waals surface area contributed by atoms with Gasteiger partial charge in [-0.3, -0.25) is 4.90 Å². The van der Waals surface area contributed by atoms with Gasteiger partial charge in [-0.15, -0.1) is 0 Å². The predicted molar refractivity (Wildman–Crippen MR) is 187 cm³/mol. The van der Waals surface area contributed by atoms with Crippen molar-refractivity contribution in [1.82, 2.24) is 4.98 Å².